The molecule has 0 bridgehead atoms. The molecule has 0 saturated heterocycles. The minimum atomic E-state index is 0.0215. The van der Waals surface area contributed by atoms with E-state index in [0.717, 1.165) is 17.0 Å². The fourth-order valence-electron chi connectivity index (χ4n) is 1.86. The van der Waals surface area contributed by atoms with Crippen molar-refractivity contribution in [3.05, 3.63) is 24.2 Å². The average Bonchev–Trinajstić information content (AvgIpc) is 2.74. The van der Waals surface area contributed by atoms with Crippen LogP contribution >= 0.6 is 0 Å². The Morgan fingerprint density at radius 1 is 1.47 bits per heavy atom. The quantitative estimate of drug-likeness (QED) is 0.859. The van der Waals surface area contributed by atoms with Gasteiger partial charge in [0.2, 0.25) is 0 Å². The molecule has 0 amide bonds. The first-order chi connectivity index (χ1) is 8.91. The van der Waals surface area contributed by atoms with Gasteiger partial charge in [-0.05, 0) is 13.0 Å². The van der Waals surface area contributed by atoms with E-state index in [2.05, 4.69) is 48.2 Å². The lowest BCUT2D eigenvalue weighted by Crippen LogP contribution is -2.15. The standard InChI is InChI=1S/C15H20N4/c1-6-7-11(2)17-14-12-10-13(15(3,4)5)18-19(12)9-8-16-14/h1,8-11H,7H2,2-5H3,(H,16,17). The predicted octanol–water partition coefficient (Wildman–Crippen LogP) is 2.85. The summed E-state index contributed by atoms with van der Waals surface area (Å²) < 4.78 is 1.86. The van der Waals surface area contributed by atoms with Crippen LogP contribution in [0.2, 0.25) is 0 Å². The van der Waals surface area contributed by atoms with Crippen LogP contribution in [0.4, 0.5) is 5.82 Å². The zero-order valence-corrected chi connectivity index (χ0v) is 11.9. The van der Waals surface area contributed by atoms with Crippen LogP contribution in [-0.4, -0.2) is 20.6 Å². The van der Waals surface area contributed by atoms with Gasteiger partial charge >= 0.3 is 0 Å². The summed E-state index contributed by atoms with van der Waals surface area (Å²) in [6.07, 6.45) is 9.61. The maximum Gasteiger partial charge on any atom is 0.152 e. The van der Waals surface area contributed by atoms with Crippen LogP contribution in [0, 0.1) is 12.3 Å². The molecule has 2 aromatic heterocycles. The summed E-state index contributed by atoms with van der Waals surface area (Å²) in [5.41, 5.74) is 2.05. The number of anilines is 1. The third-order valence-corrected chi connectivity index (χ3v) is 2.97. The van der Waals surface area contributed by atoms with Gasteiger partial charge in [-0.15, -0.1) is 12.3 Å². The average molecular weight is 256 g/mol. The van der Waals surface area contributed by atoms with Gasteiger partial charge in [-0.25, -0.2) is 9.50 Å². The Bertz CT molecular complexity index is 613. The number of hydrogen-bond acceptors (Lipinski definition) is 3. The van der Waals surface area contributed by atoms with Crippen molar-refractivity contribution in [1.29, 1.82) is 0 Å². The van der Waals surface area contributed by atoms with Crippen LogP contribution in [0.5, 0.6) is 0 Å². The van der Waals surface area contributed by atoms with Gasteiger partial charge in [0.15, 0.2) is 5.82 Å². The number of rotatable bonds is 3. The van der Waals surface area contributed by atoms with Gasteiger partial charge in [0, 0.05) is 30.3 Å². The smallest absolute Gasteiger partial charge is 0.152 e. The number of nitrogens with one attached hydrogen (secondary N) is 1. The molecule has 19 heavy (non-hydrogen) atoms. The summed E-state index contributed by atoms with van der Waals surface area (Å²) in [6, 6.07) is 2.27. The van der Waals surface area contributed by atoms with E-state index in [0.29, 0.717) is 6.42 Å². The fraction of sp³-hybridized carbons (Fsp3) is 0.467. The zero-order chi connectivity index (χ0) is 14.0. The first-order valence-corrected chi connectivity index (χ1v) is 6.46. The van der Waals surface area contributed by atoms with Crippen molar-refractivity contribution in [1.82, 2.24) is 14.6 Å². The topological polar surface area (TPSA) is 42.2 Å². The van der Waals surface area contributed by atoms with Crippen molar-refractivity contribution in [3.63, 3.8) is 0 Å². The number of terminal acetylenes is 1. The number of aromatic nitrogens is 3. The fourth-order valence-corrected chi connectivity index (χ4v) is 1.86. The second kappa shape index (κ2) is 4.93. The van der Waals surface area contributed by atoms with Crippen molar-refractivity contribution in [3.8, 4) is 12.3 Å². The van der Waals surface area contributed by atoms with Crippen LogP contribution in [0.1, 0.15) is 39.8 Å². The second-order valence-corrected chi connectivity index (χ2v) is 5.84. The summed E-state index contributed by atoms with van der Waals surface area (Å²) in [6.45, 7) is 8.49. The first-order valence-electron chi connectivity index (χ1n) is 6.46. The van der Waals surface area contributed by atoms with E-state index < -0.39 is 0 Å². The molecular formula is C15H20N4. The SMILES string of the molecule is C#CCC(C)Nc1nccn2nc(C(C)(C)C)cc12. The number of fused-ring (bicyclic) bond motifs is 1. The van der Waals surface area contributed by atoms with Crippen molar-refractivity contribution in [2.24, 2.45) is 0 Å². The van der Waals surface area contributed by atoms with E-state index in [1.165, 1.54) is 0 Å². The lowest BCUT2D eigenvalue weighted by Gasteiger charge is -2.13. The zero-order valence-electron chi connectivity index (χ0n) is 11.9. The minimum absolute atomic E-state index is 0.0215. The van der Waals surface area contributed by atoms with Crippen LogP contribution in [0.25, 0.3) is 5.52 Å². The molecule has 0 radical (unpaired) electrons. The molecule has 1 atom stereocenters. The predicted molar refractivity (Wildman–Crippen MR) is 78.2 cm³/mol. The molecule has 1 N–H and O–H groups in total. The molecule has 0 saturated carbocycles. The monoisotopic (exact) mass is 256 g/mol. The first kappa shape index (κ1) is 13.4. The highest BCUT2D eigenvalue weighted by Crippen LogP contribution is 2.24. The Labute approximate surface area is 114 Å². The van der Waals surface area contributed by atoms with E-state index in [4.69, 9.17) is 6.42 Å². The number of hydrogen-bond donors (Lipinski definition) is 1. The Morgan fingerprint density at radius 3 is 2.84 bits per heavy atom. The maximum atomic E-state index is 5.33. The summed E-state index contributed by atoms with van der Waals surface area (Å²) in [4.78, 5) is 4.38. The lowest BCUT2D eigenvalue weighted by molar-refractivity contribution is 0.562. The summed E-state index contributed by atoms with van der Waals surface area (Å²) in [5.74, 6) is 3.48. The van der Waals surface area contributed by atoms with Gasteiger partial charge in [-0.3, -0.25) is 0 Å². The molecule has 0 aliphatic carbocycles. The molecule has 4 nitrogen and oxygen atoms in total. The van der Waals surface area contributed by atoms with Crippen molar-refractivity contribution >= 4 is 11.3 Å². The largest absolute Gasteiger partial charge is 0.365 e. The highest BCUT2D eigenvalue weighted by atomic mass is 15.2. The highest BCUT2D eigenvalue weighted by molar-refractivity contribution is 5.68. The van der Waals surface area contributed by atoms with E-state index in [9.17, 15) is 0 Å². The molecule has 100 valence electrons. The van der Waals surface area contributed by atoms with Gasteiger partial charge in [0.05, 0.1) is 5.69 Å². The lowest BCUT2D eigenvalue weighted by atomic mass is 9.92. The molecule has 1 unspecified atom stereocenters. The van der Waals surface area contributed by atoms with Gasteiger partial charge in [-0.1, -0.05) is 20.8 Å². The van der Waals surface area contributed by atoms with Crippen molar-refractivity contribution in [2.45, 2.75) is 45.6 Å². The van der Waals surface area contributed by atoms with Crippen molar-refractivity contribution < 1.29 is 0 Å². The Morgan fingerprint density at radius 2 is 2.21 bits per heavy atom. The van der Waals surface area contributed by atoms with Crippen molar-refractivity contribution in [2.75, 3.05) is 5.32 Å². The molecule has 0 fully saturated rings. The Hall–Kier alpha value is -2.02. The highest BCUT2D eigenvalue weighted by Gasteiger charge is 2.19. The van der Waals surface area contributed by atoms with Crippen LogP contribution in [-0.2, 0) is 5.41 Å². The molecule has 0 aliphatic rings. The molecule has 2 aromatic rings. The van der Waals surface area contributed by atoms with E-state index in [1.807, 2.05) is 17.6 Å². The van der Waals surface area contributed by atoms with Gasteiger partial charge in [0.25, 0.3) is 0 Å². The summed E-state index contributed by atoms with van der Waals surface area (Å²) in [7, 11) is 0. The van der Waals surface area contributed by atoms with Crippen LogP contribution in [0.3, 0.4) is 0 Å². The van der Waals surface area contributed by atoms with E-state index in [1.54, 1.807) is 6.20 Å². The van der Waals surface area contributed by atoms with E-state index in [-0.39, 0.29) is 11.5 Å². The minimum Gasteiger partial charge on any atom is -0.365 e. The van der Waals surface area contributed by atoms with Gasteiger partial charge in [-0.2, -0.15) is 5.10 Å². The molecule has 0 aromatic carbocycles. The van der Waals surface area contributed by atoms with Crippen LogP contribution in [0.15, 0.2) is 18.5 Å². The van der Waals surface area contributed by atoms with E-state index >= 15 is 0 Å². The molecule has 0 spiro atoms. The summed E-state index contributed by atoms with van der Waals surface area (Å²) >= 11 is 0. The molecular weight excluding hydrogens is 236 g/mol. The third-order valence-electron chi connectivity index (χ3n) is 2.97. The normalized spacial score (nSPS) is 13.2. The molecule has 2 rings (SSSR count). The molecule has 2 heterocycles. The third kappa shape index (κ3) is 2.87. The number of nitrogens with zero attached hydrogens (tertiary/aromatic N) is 3. The second-order valence-electron chi connectivity index (χ2n) is 5.84. The van der Waals surface area contributed by atoms with Gasteiger partial charge in [0.1, 0.15) is 5.52 Å². The maximum absolute atomic E-state index is 5.33. The molecule has 4 heteroatoms. The summed E-state index contributed by atoms with van der Waals surface area (Å²) in [5, 5.41) is 7.93. The van der Waals surface area contributed by atoms with Gasteiger partial charge < -0.3 is 5.32 Å². The Balaban J connectivity index is 2.40. The Kier molecular flexibility index (Phi) is 3.48. The molecule has 0 aliphatic heterocycles. The van der Waals surface area contributed by atoms with Crippen LogP contribution < -0.4 is 5.32 Å².